The van der Waals surface area contributed by atoms with Crippen molar-refractivity contribution in [2.45, 2.75) is 6.92 Å². The quantitative estimate of drug-likeness (QED) is 0.891. The van der Waals surface area contributed by atoms with Crippen molar-refractivity contribution in [1.29, 1.82) is 0 Å². The first-order valence-corrected chi connectivity index (χ1v) is 7.60. The maximum absolute atomic E-state index is 12.5. The van der Waals surface area contributed by atoms with Gasteiger partial charge in [0, 0.05) is 37.4 Å². The van der Waals surface area contributed by atoms with E-state index in [1.807, 2.05) is 17.9 Å². The highest BCUT2D eigenvalue weighted by Crippen LogP contribution is 2.19. The van der Waals surface area contributed by atoms with Gasteiger partial charge in [-0.3, -0.25) is 9.59 Å². The summed E-state index contributed by atoms with van der Waals surface area (Å²) < 4.78 is 5.09. The van der Waals surface area contributed by atoms with Crippen LogP contribution < -0.4 is 10.6 Å². The van der Waals surface area contributed by atoms with Crippen molar-refractivity contribution in [2.75, 3.05) is 31.5 Å². The molecule has 1 fully saturated rings. The number of anilines is 1. The molecule has 0 bridgehead atoms. The number of rotatable bonds is 3. The lowest BCUT2D eigenvalue weighted by molar-refractivity contribution is 0.0735. The summed E-state index contributed by atoms with van der Waals surface area (Å²) in [7, 11) is 0. The minimum Gasteiger partial charge on any atom is -0.459 e. The Morgan fingerprint density at radius 1 is 1.21 bits per heavy atom. The molecule has 6 nitrogen and oxygen atoms in total. The Morgan fingerprint density at radius 3 is 2.62 bits per heavy atom. The summed E-state index contributed by atoms with van der Waals surface area (Å²) in [5, 5.41) is 6.02. The number of furan rings is 1. The highest BCUT2D eigenvalue weighted by Gasteiger charge is 2.19. The Bertz CT molecular complexity index is 710. The summed E-state index contributed by atoms with van der Waals surface area (Å²) in [6.07, 6.45) is 1.45. The first kappa shape index (κ1) is 18.0. The summed E-state index contributed by atoms with van der Waals surface area (Å²) in [5.74, 6) is -0.104. The van der Waals surface area contributed by atoms with Gasteiger partial charge < -0.3 is 20.0 Å². The fourth-order valence-electron chi connectivity index (χ4n) is 2.53. The maximum Gasteiger partial charge on any atom is 0.291 e. The van der Waals surface area contributed by atoms with E-state index in [-0.39, 0.29) is 30.0 Å². The van der Waals surface area contributed by atoms with Gasteiger partial charge in [0.05, 0.1) is 6.26 Å². The first-order valence-electron chi connectivity index (χ1n) is 7.60. The van der Waals surface area contributed by atoms with Crippen molar-refractivity contribution in [1.82, 2.24) is 10.2 Å². The normalized spacial score (nSPS) is 14.0. The van der Waals surface area contributed by atoms with Crippen LogP contribution in [0.1, 0.15) is 26.5 Å². The Kier molecular flexibility index (Phi) is 6.00. The molecule has 7 heteroatoms. The predicted molar refractivity (Wildman–Crippen MR) is 93.9 cm³/mol. The van der Waals surface area contributed by atoms with Crippen molar-refractivity contribution in [3.05, 3.63) is 53.5 Å². The largest absolute Gasteiger partial charge is 0.459 e. The van der Waals surface area contributed by atoms with Crippen molar-refractivity contribution in [3.63, 3.8) is 0 Å². The van der Waals surface area contributed by atoms with Gasteiger partial charge in [-0.05, 0) is 36.8 Å². The van der Waals surface area contributed by atoms with Crippen molar-refractivity contribution in [3.8, 4) is 0 Å². The summed E-state index contributed by atoms with van der Waals surface area (Å²) in [6, 6.07) is 8.61. The number of hydrogen-bond donors (Lipinski definition) is 2. The van der Waals surface area contributed by atoms with Gasteiger partial charge in [0.15, 0.2) is 5.76 Å². The molecule has 24 heavy (non-hydrogen) atoms. The Hall–Kier alpha value is -2.31. The van der Waals surface area contributed by atoms with Crippen LogP contribution in [0.25, 0.3) is 0 Å². The van der Waals surface area contributed by atoms with Crippen LogP contribution in [0.4, 0.5) is 5.69 Å². The third kappa shape index (κ3) is 3.96. The molecule has 1 aromatic carbocycles. The van der Waals surface area contributed by atoms with E-state index in [0.29, 0.717) is 24.3 Å². The predicted octanol–water partition coefficient (Wildman–Crippen LogP) is 2.31. The van der Waals surface area contributed by atoms with Crippen LogP contribution in [0, 0.1) is 6.92 Å². The van der Waals surface area contributed by atoms with Gasteiger partial charge in [-0.25, -0.2) is 0 Å². The summed E-state index contributed by atoms with van der Waals surface area (Å²) in [5.41, 5.74) is 2.08. The smallest absolute Gasteiger partial charge is 0.291 e. The number of nitrogens with zero attached hydrogens (tertiary/aromatic N) is 1. The average Bonchev–Trinajstić information content (AvgIpc) is 3.11. The van der Waals surface area contributed by atoms with E-state index in [9.17, 15) is 9.59 Å². The monoisotopic (exact) mass is 349 g/mol. The molecule has 0 radical (unpaired) electrons. The molecule has 1 aliphatic heterocycles. The van der Waals surface area contributed by atoms with E-state index >= 15 is 0 Å². The van der Waals surface area contributed by atoms with Crippen LogP contribution >= 0.6 is 12.4 Å². The molecule has 1 saturated heterocycles. The van der Waals surface area contributed by atoms with Crippen LogP contribution in [-0.4, -0.2) is 42.9 Å². The zero-order chi connectivity index (χ0) is 16.2. The number of piperazine rings is 1. The minimum atomic E-state index is -0.329. The number of hydrogen-bond acceptors (Lipinski definition) is 4. The summed E-state index contributed by atoms with van der Waals surface area (Å²) in [4.78, 5) is 26.5. The van der Waals surface area contributed by atoms with Crippen LogP contribution in [0.5, 0.6) is 0 Å². The Labute approximate surface area is 146 Å². The molecular weight excluding hydrogens is 330 g/mol. The molecule has 2 heterocycles. The van der Waals surface area contributed by atoms with Gasteiger partial charge in [0.2, 0.25) is 0 Å². The second-order valence-corrected chi connectivity index (χ2v) is 5.50. The second kappa shape index (κ2) is 7.99. The lowest BCUT2D eigenvalue weighted by Crippen LogP contribution is -2.46. The van der Waals surface area contributed by atoms with E-state index < -0.39 is 0 Å². The number of halogens is 1. The standard InChI is InChI=1S/C17H19N3O3.ClH/c1-12-4-5-13(17(22)20-8-6-18-7-9-20)11-14(12)19-16(21)15-3-2-10-23-15;/h2-5,10-11,18H,6-9H2,1H3,(H,19,21);1H. The number of aryl methyl sites for hydroxylation is 1. The highest BCUT2D eigenvalue weighted by molar-refractivity contribution is 6.03. The van der Waals surface area contributed by atoms with Crippen LogP contribution in [0.3, 0.4) is 0 Å². The van der Waals surface area contributed by atoms with Crippen LogP contribution in [0.2, 0.25) is 0 Å². The molecular formula is C17H20ClN3O3. The number of nitrogens with one attached hydrogen (secondary N) is 2. The van der Waals surface area contributed by atoms with Crippen LogP contribution in [0.15, 0.2) is 41.0 Å². The van der Waals surface area contributed by atoms with E-state index in [4.69, 9.17) is 4.42 Å². The molecule has 3 rings (SSSR count). The Morgan fingerprint density at radius 2 is 1.96 bits per heavy atom. The van der Waals surface area contributed by atoms with Crippen molar-refractivity contribution >= 4 is 29.9 Å². The molecule has 128 valence electrons. The fraction of sp³-hybridized carbons (Fsp3) is 0.294. The molecule has 0 unspecified atom stereocenters. The number of carbonyl (C=O) groups excluding carboxylic acids is 2. The molecule has 1 aliphatic rings. The van der Waals surface area contributed by atoms with E-state index in [1.165, 1.54) is 6.26 Å². The third-order valence-electron chi connectivity index (χ3n) is 3.88. The van der Waals surface area contributed by atoms with E-state index in [2.05, 4.69) is 10.6 Å². The van der Waals surface area contributed by atoms with Gasteiger partial charge >= 0.3 is 0 Å². The summed E-state index contributed by atoms with van der Waals surface area (Å²) in [6.45, 7) is 4.89. The lowest BCUT2D eigenvalue weighted by atomic mass is 10.1. The molecule has 2 amide bonds. The van der Waals surface area contributed by atoms with Gasteiger partial charge in [-0.1, -0.05) is 6.07 Å². The molecule has 2 aromatic rings. The number of carbonyl (C=O) groups is 2. The summed E-state index contributed by atoms with van der Waals surface area (Å²) >= 11 is 0. The Balaban J connectivity index is 0.00000208. The maximum atomic E-state index is 12.5. The van der Waals surface area contributed by atoms with E-state index in [1.54, 1.807) is 24.3 Å². The molecule has 0 spiro atoms. The number of benzene rings is 1. The molecule has 0 atom stereocenters. The molecule has 1 aromatic heterocycles. The fourth-order valence-corrected chi connectivity index (χ4v) is 2.53. The second-order valence-electron chi connectivity index (χ2n) is 5.50. The van der Waals surface area contributed by atoms with Gasteiger partial charge in [-0.15, -0.1) is 12.4 Å². The SMILES string of the molecule is Cc1ccc(C(=O)N2CCNCC2)cc1NC(=O)c1ccco1.Cl. The topological polar surface area (TPSA) is 74.6 Å². The lowest BCUT2D eigenvalue weighted by Gasteiger charge is -2.27. The van der Waals surface area contributed by atoms with Crippen molar-refractivity contribution in [2.24, 2.45) is 0 Å². The van der Waals surface area contributed by atoms with Gasteiger partial charge in [0.25, 0.3) is 11.8 Å². The zero-order valence-electron chi connectivity index (χ0n) is 13.4. The number of amides is 2. The molecule has 2 N–H and O–H groups in total. The minimum absolute atomic E-state index is 0. The third-order valence-corrected chi connectivity index (χ3v) is 3.88. The average molecular weight is 350 g/mol. The molecule has 0 saturated carbocycles. The first-order chi connectivity index (χ1) is 11.1. The van der Waals surface area contributed by atoms with Gasteiger partial charge in [-0.2, -0.15) is 0 Å². The molecule has 0 aliphatic carbocycles. The van der Waals surface area contributed by atoms with Gasteiger partial charge in [0.1, 0.15) is 0 Å². The van der Waals surface area contributed by atoms with E-state index in [0.717, 1.165) is 18.7 Å². The zero-order valence-corrected chi connectivity index (χ0v) is 14.2. The van der Waals surface area contributed by atoms with Crippen molar-refractivity contribution < 1.29 is 14.0 Å². The van der Waals surface area contributed by atoms with Crippen LogP contribution in [-0.2, 0) is 0 Å². The highest BCUT2D eigenvalue weighted by atomic mass is 35.5.